The molecule has 2 N–H and O–H groups in total. The normalized spacial score (nSPS) is 11.4. The summed E-state index contributed by atoms with van der Waals surface area (Å²) < 4.78 is 1.75. The summed E-state index contributed by atoms with van der Waals surface area (Å²) in [5.74, 6) is 0.00795. The van der Waals surface area contributed by atoms with Gasteiger partial charge in [-0.15, -0.1) is 5.10 Å². The molecule has 0 fully saturated rings. The lowest BCUT2D eigenvalue weighted by Crippen LogP contribution is -2.51. The number of carbonyl (C=O) groups is 1. The minimum absolute atomic E-state index is 0.00795. The zero-order chi connectivity index (χ0) is 12.0. The molecule has 0 aliphatic heterocycles. The fraction of sp³-hybridized carbons (Fsp3) is 0.700. The van der Waals surface area contributed by atoms with Crippen LogP contribution in [0.1, 0.15) is 20.3 Å². The molecule has 0 aliphatic rings. The highest BCUT2D eigenvalue weighted by Crippen LogP contribution is 1.99. The molecular formula is C10H19N5O. The van der Waals surface area contributed by atoms with Crippen LogP contribution < -0.4 is 10.6 Å². The van der Waals surface area contributed by atoms with E-state index in [2.05, 4.69) is 20.9 Å². The van der Waals surface area contributed by atoms with Crippen molar-refractivity contribution in [2.75, 3.05) is 13.6 Å². The van der Waals surface area contributed by atoms with Gasteiger partial charge in [0.25, 0.3) is 0 Å². The summed E-state index contributed by atoms with van der Waals surface area (Å²) in [6, 6.07) is 0. The quantitative estimate of drug-likeness (QED) is 0.657. The van der Waals surface area contributed by atoms with Gasteiger partial charge < -0.3 is 10.6 Å². The second kappa shape index (κ2) is 5.60. The van der Waals surface area contributed by atoms with Gasteiger partial charge in [0.1, 0.15) is 0 Å². The molecule has 0 spiro atoms. The monoisotopic (exact) mass is 225 g/mol. The average Bonchev–Trinajstić information content (AvgIpc) is 2.76. The van der Waals surface area contributed by atoms with E-state index >= 15 is 0 Å². The Morgan fingerprint density at radius 3 is 2.81 bits per heavy atom. The standard InChI is InChI=1S/C10H19N5O/c1-10(2,11-3)9(16)12-5-4-7-15-8-6-13-14-15/h6,8,11H,4-5,7H2,1-3H3,(H,12,16). The zero-order valence-corrected chi connectivity index (χ0v) is 10.0. The van der Waals surface area contributed by atoms with Crippen LogP contribution in [0.15, 0.2) is 12.4 Å². The van der Waals surface area contributed by atoms with Gasteiger partial charge in [-0.3, -0.25) is 9.48 Å². The Kier molecular flexibility index (Phi) is 4.42. The van der Waals surface area contributed by atoms with Gasteiger partial charge >= 0.3 is 0 Å². The van der Waals surface area contributed by atoms with E-state index in [9.17, 15) is 4.79 Å². The van der Waals surface area contributed by atoms with E-state index in [1.807, 2.05) is 13.8 Å². The van der Waals surface area contributed by atoms with Crippen molar-refractivity contribution >= 4 is 5.91 Å². The largest absolute Gasteiger partial charge is 0.354 e. The molecule has 1 heterocycles. The smallest absolute Gasteiger partial charge is 0.239 e. The lowest BCUT2D eigenvalue weighted by molar-refractivity contribution is -0.126. The molecule has 0 atom stereocenters. The maximum Gasteiger partial charge on any atom is 0.239 e. The fourth-order valence-corrected chi connectivity index (χ4v) is 1.13. The Hall–Kier alpha value is -1.43. The highest BCUT2D eigenvalue weighted by molar-refractivity contribution is 5.85. The summed E-state index contributed by atoms with van der Waals surface area (Å²) in [5.41, 5.74) is -0.521. The van der Waals surface area contributed by atoms with Crippen molar-refractivity contribution in [1.82, 2.24) is 25.6 Å². The fourth-order valence-electron chi connectivity index (χ4n) is 1.13. The van der Waals surface area contributed by atoms with E-state index in [-0.39, 0.29) is 5.91 Å². The minimum Gasteiger partial charge on any atom is -0.354 e. The van der Waals surface area contributed by atoms with Gasteiger partial charge in [-0.05, 0) is 27.3 Å². The van der Waals surface area contributed by atoms with Crippen LogP contribution in [0.25, 0.3) is 0 Å². The first-order chi connectivity index (χ1) is 7.56. The van der Waals surface area contributed by atoms with Crippen molar-refractivity contribution in [3.05, 3.63) is 12.4 Å². The molecule has 0 saturated heterocycles. The molecule has 6 nitrogen and oxygen atoms in total. The number of amides is 1. The third-order valence-electron chi connectivity index (χ3n) is 2.51. The van der Waals surface area contributed by atoms with E-state index in [1.54, 1.807) is 24.1 Å². The van der Waals surface area contributed by atoms with Crippen molar-refractivity contribution in [1.29, 1.82) is 0 Å². The van der Waals surface area contributed by atoms with E-state index in [4.69, 9.17) is 0 Å². The molecule has 0 radical (unpaired) electrons. The minimum atomic E-state index is -0.521. The topological polar surface area (TPSA) is 71.8 Å². The number of carbonyl (C=O) groups excluding carboxylic acids is 1. The van der Waals surface area contributed by atoms with Crippen LogP contribution in [0.3, 0.4) is 0 Å². The first-order valence-electron chi connectivity index (χ1n) is 5.37. The molecule has 0 saturated carbocycles. The second-order valence-corrected chi connectivity index (χ2v) is 4.15. The van der Waals surface area contributed by atoms with E-state index in [0.717, 1.165) is 13.0 Å². The number of nitrogens with one attached hydrogen (secondary N) is 2. The van der Waals surface area contributed by atoms with Gasteiger partial charge in [0.15, 0.2) is 0 Å². The van der Waals surface area contributed by atoms with Gasteiger partial charge in [0.2, 0.25) is 5.91 Å². The number of likely N-dealkylation sites (N-methyl/N-ethyl adjacent to an activating group) is 1. The van der Waals surface area contributed by atoms with Crippen LogP contribution in [0, 0.1) is 0 Å². The van der Waals surface area contributed by atoms with Crippen molar-refractivity contribution in [3.63, 3.8) is 0 Å². The number of nitrogens with zero attached hydrogens (tertiary/aromatic N) is 3. The molecule has 0 aliphatic carbocycles. The van der Waals surface area contributed by atoms with Crippen molar-refractivity contribution < 1.29 is 4.79 Å². The van der Waals surface area contributed by atoms with Gasteiger partial charge in [0.05, 0.1) is 11.7 Å². The molecule has 6 heteroatoms. The maximum atomic E-state index is 11.6. The van der Waals surface area contributed by atoms with Crippen LogP contribution in [-0.2, 0) is 11.3 Å². The molecule has 0 unspecified atom stereocenters. The number of aromatic nitrogens is 3. The second-order valence-electron chi connectivity index (χ2n) is 4.15. The summed E-state index contributed by atoms with van der Waals surface area (Å²) in [6.07, 6.45) is 4.29. The lowest BCUT2D eigenvalue weighted by atomic mass is 10.1. The van der Waals surface area contributed by atoms with Gasteiger partial charge in [-0.2, -0.15) is 0 Å². The summed E-state index contributed by atoms with van der Waals surface area (Å²) in [7, 11) is 1.77. The molecule has 1 aromatic rings. The predicted molar refractivity (Wildman–Crippen MR) is 60.8 cm³/mol. The Morgan fingerprint density at radius 2 is 2.25 bits per heavy atom. The molecule has 1 amide bonds. The van der Waals surface area contributed by atoms with E-state index < -0.39 is 5.54 Å². The van der Waals surface area contributed by atoms with E-state index in [1.165, 1.54) is 0 Å². The summed E-state index contributed by atoms with van der Waals surface area (Å²) >= 11 is 0. The Balaban J connectivity index is 2.18. The van der Waals surface area contributed by atoms with Gasteiger partial charge in [-0.1, -0.05) is 5.21 Å². The lowest BCUT2D eigenvalue weighted by Gasteiger charge is -2.22. The molecule has 1 aromatic heterocycles. The highest BCUT2D eigenvalue weighted by Gasteiger charge is 2.24. The number of hydrogen-bond donors (Lipinski definition) is 2. The SMILES string of the molecule is CNC(C)(C)C(=O)NCCCn1ccnn1. The van der Waals surface area contributed by atoms with E-state index in [0.29, 0.717) is 6.54 Å². The molecule has 0 aromatic carbocycles. The molecular weight excluding hydrogens is 206 g/mol. The van der Waals surface area contributed by atoms with Crippen molar-refractivity contribution in [3.8, 4) is 0 Å². The number of rotatable bonds is 6. The number of hydrogen-bond acceptors (Lipinski definition) is 4. The number of aryl methyl sites for hydroxylation is 1. The molecule has 16 heavy (non-hydrogen) atoms. The Bertz CT molecular complexity index is 320. The van der Waals surface area contributed by atoms with Crippen molar-refractivity contribution in [2.24, 2.45) is 0 Å². The molecule has 90 valence electrons. The first kappa shape index (κ1) is 12.6. The van der Waals surface area contributed by atoms with Crippen LogP contribution in [0.5, 0.6) is 0 Å². The Morgan fingerprint density at radius 1 is 1.50 bits per heavy atom. The van der Waals surface area contributed by atoms with Crippen LogP contribution >= 0.6 is 0 Å². The first-order valence-corrected chi connectivity index (χ1v) is 5.37. The Labute approximate surface area is 95.4 Å². The average molecular weight is 225 g/mol. The van der Waals surface area contributed by atoms with Gasteiger partial charge in [0, 0.05) is 19.3 Å². The predicted octanol–water partition coefficient (Wildman–Crippen LogP) is -0.218. The van der Waals surface area contributed by atoms with Crippen LogP contribution in [-0.4, -0.2) is 40.0 Å². The zero-order valence-electron chi connectivity index (χ0n) is 10.0. The van der Waals surface area contributed by atoms with Crippen molar-refractivity contribution in [2.45, 2.75) is 32.4 Å². The molecule has 0 bridgehead atoms. The molecule has 1 rings (SSSR count). The van der Waals surface area contributed by atoms with Gasteiger partial charge in [-0.25, -0.2) is 0 Å². The highest BCUT2D eigenvalue weighted by atomic mass is 16.2. The summed E-state index contributed by atoms with van der Waals surface area (Å²) in [5, 5.41) is 13.4. The van der Waals surface area contributed by atoms with Crippen LogP contribution in [0.4, 0.5) is 0 Å². The van der Waals surface area contributed by atoms with Crippen LogP contribution in [0.2, 0.25) is 0 Å². The third kappa shape index (κ3) is 3.62. The summed E-state index contributed by atoms with van der Waals surface area (Å²) in [6.45, 7) is 5.10. The summed E-state index contributed by atoms with van der Waals surface area (Å²) in [4.78, 5) is 11.6. The third-order valence-corrected chi connectivity index (χ3v) is 2.51. The maximum absolute atomic E-state index is 11.6.